The zero-order valence-electron chi connectivity index (χ0n) is 14.0. The van der Waals surface area contributed by atoms with E-state index in [4.69, 9.17) is 27.6 Å². The average molecular weight is 396 g/mol. The lowest BCUT2D eigenvalue weighted by molar-refractivity contribution is -0.125. The van der Waals surface area contributed by atoms with E-state index >= 15 is 0 Å². The van der Waals surface area contributed by atoms with Crippen molar-refractivity contribution in [1.82, 2.24) is 10.2 Å². The van der Waals surface area contributed by atoms with Gasteiger partial charge in [0.15, 0.2) is 0 Å². The Morgan fingerprint density at radius 2 is 2.12 bits per heavy atom. The van der Waals surface area contributed by atoms with Gasteiger partial charge in [0.1, 0.15) is 5.76 Å². The monoisotopic (exact) mass is 395 g/mol. The Labute approximate surface area is 161 Å². The van der Waals surface area contributed by atoms with E-state index in [0.717, 1.165) is 6.42 Å². The molecule has 1 atom stereocenters. The molecule has 0 radical (unpaired) electrons. The standard InChI is InChI=1S/C18H19Cl2N3O3/c19-12-5-6-14(20)15(9-12)22-18(25)16-4-1-7-23(16)11-17(24)21-10-13-3-2-8-26-13/h2-3,5-6,8-9,16H,1,4,7,10-11H2,(H,21,24)(H,22,25)/t16-/m0/s1. The van der Waals surface area contributed by atoms with Gasteiger partial charge in [-0.25, -0.2) is 0 Å². The summed E-state index contributed by atoms with van der Waals surface area (Å²) in [5.41, 5.74) is 0.471. The van der Waals surface area contributed by atoms with Crippen LogP contribution in [0.1, 0.15) is 18.6 Å². The zero-order chi connectivity index (χ0) is 18.5. The molecule has 2 aromatic rings. The first-order valence-corrected chi connectivity index (χ1v) is 9.07. The Balaban J connectivity index is 1.56. The van der Waals surface area contributed by atoms with Crippen molar-refractivity contribution in [2.24, 2.45) is 0 Å². The van der Waals surface area contributed by atoms with E-state index in [2.05, 4.69) is 10.6 Å². The molecule has 0 spiro atoms. The fourth-order valence-corrected chi connectivity index (χ4v) is 3.30. The summed E-state index contributed by atoms with van der Waals surface area (Å²) in [7, 11) is 0. The maximum Gasteiger partial charge on any atom is 0.241 e. The normalized spacial score (nSPS) is 17.2. The highest BCUT2D eigenvalue weighted by molar-refractivity contribution is 6.35. The molecule has 3 rings (SSSR count). The number of nitrogens with zero attached hydrogens (tertiary/aromatic N) is 1. The van der Waals surface area contributed by atoms with Crippen molar-refractivity contribution in [3.05, 3.63) is 52.4 Å². The summed E-state index contributed by atoms with van der Waals surface area (Å²) < 4.78 is 5.18. The van der Waals surface area contributed by atoms with Gasteiger partial charge in [-0.2, -0.15) is 0 Å². The number of anilines is 1. The largest absolute Gasteiger partial charge is 0.467 e. The highest BCUT2D eigenvalue weighted by Crippen LogP contribution is 2.27. The van der Waals surface area contributed by atoms with E-state index < -0.39 is 0 Å². The van der Waals surface area contributed by atoms with Crippen LogP contribution in [0.5, 0.6) is 0 Å². The Hall–Kier alpha value is -2.02. The van der Waals surface area contributed by atoms with Crippen molar-refractivity contribution in [1.29, 1.82) is 0 Å². The third-order valence-corrected chi connectivity index (χ3v) is 4.80. The molecule has 2 N–H and O–H groups in total. The van der Waals surface area contributed by atoms with Crippen molar-refractivity contribution >= 4 is 40.7 Å². The number of carbonyl (C=O) groups is 2. The summed E-state index contributed by atoms with van der Waals surface area (Å²) in [5.74, 6) is 0.344. The van der Waals surface area contributed by atoms with Crippen molar-refractivity contribution in [2.45, 2.75) is 25.4 Å². The maximum absolute atomic E-state index is 12.6. The minimum absolute atomic E-state index is 0.151. The number of rotatable bonds is 6. The summed E-state index contributed by atoms with van der Waals surface area (Å²) in [6.45, 7) is 1.17. The molecule has 2 amide bonds. The molecule has 1 aliphatic heterocycles. The zero-order valence-corrected chi connectivity index (χ0v) is 15.5. The Kier molecular flexibility index (Phi) is 6.19. The van der Waals surface area contributed by atoms with Gasteiger partial charge in [0.05, 0.1) is 36.1 Å². The number of nitrogens with one attached hydrogen (secondary N) is 2. The second-order valence-corrected chi connectivity index (χ2v) is 6.94. The van der Waals surface area contributed by atoms with Crippen molar-refractivity contribution < 1.29 is 14.0 Å². The van der Waals surface area contributed by atoms with Gasteiger partial charge in [0.25, 0.3) is 0 Å². The van der Waals surface area contributed by atoms with Crippen LogP contribution >= 0.6 is 23.2 Å². The average Bonchev–Trinajstić information content (AvgIpc) is 3.28. The Bertz CT molecular complexity index is 780. The molecule has 2 heterocycles. The molecule has 138 valence electrons. The fraction of sp³-hybridized carbons (Fsp3) is 0.333. The van der Waals surface area contributed by atoms with Gasteiger partial charge < -0.3 is 15.1 Å². The summed E-state index contributed by atoms with van der Waals surface area (Å²) in [6.07, 6.45) is 3.10. The van der Waals surface area contributed by atoms with Crippen LogP contribution in [0.25, 0.3) is 0 Å². The summed E-state index contributed by atoms with van der Waals surface area (Å²) in [4.78, 5) is 26.6. The SMILES string of the molecule is O=C(CN1CCC[C@H]1C(=O)Nc1cc(Cl)ccc1Cl)NCc1ccco1. The van der Waals surface area contributed by atoms with Gasteiger partial charge in [-0.05, 0) is 49.7 Å². The first-order valence-electron chi connectivity index (χ1n) is 8.32. The lowest BCUT2D eigenvalue weighted by Gasteiger charge is -2.23. The first kappa shape index (κ1) is 18.8. The van der Waals surface area contributed by atoms with Gasteiger partial charge in [-0.1, -0.05) is 23.2 Å². The molecule has 26 heavy (non-hydrogen) atoms. The highest BCUT2D eigenvalue weighted by Gasteiger charge is 2.32. The maximum atomic E-state index is 12.6. The lowest BCUT2D eigenvalue weighted by Crippen LogP contribution is -2.44. The van der Waals surface area contributed by atoms with Crippen LogP contribution in [0.3, 0.4) is 0 Å². The van der Waals surface area contributed by atoms with Crippen molar-refractivity contribution in [3.8, 4) is 0 Å². The van der Waals surface area contributed by atoms with Gasteiger partial charge in [-0.3, -0.25) is 14.5 Å². The van der Waals surface area contributed by atoms with Crippen LogP contribution < -0.4 is 10.6 Å². The molecule has 0 bridgehead atoms. The Morgan fingerprint density at radius 3 is 2.88 bits per heavy atom. The smallest absolute Gasteiger partial charge is 0.241 e. The van der Waals surface area contributed by atoms with Gasteiger partial charge >= 0.3 is 0 Å². The van der Waals surface area contributed by atoms with Crippen LogP contribution in [-0.4, -0.2) is 35.8 Å². The molecule has 1 fully saturated rings. The lowest BCUT2D eigenvalue weighted by atomic mass is 10.2. The molecule has 0 aliphatic carbocycles. The predicted molar refractivity (Wildman–Crippen MR) is 100 cm³/mol. The van der Waals surface area contributed by atoms with E-state index in [0.29, 0.717) is 41.0 Å². The number of hydrogen-bond donors (Lipinski definition) is 2. The van der Waals surface area contributed by atoms with E-state index in [1.54, 1.807) is 36.6 Å². The molecule has 1 aromatic carbocycles. The third-order valence-electron chi connectivity index (χ3n) is 4.24. The van der Waals surface area contributed by atoms with Gasteiger partial charge in [-0.15, -0.1) is 0 Å². The number of hydrogen-bond acceptors (Lipinski definition) is 4. The van der Waals surface area contributed by atoms with Crippen LogP contribution in [0.4, 0.5) is 5.69 Å². The van der Waals surface area contributed by atoms with Crippen LogP contribution in [-0.2, 0) is 16.1 Å². The molecule has 8 heteroatoms. The van der Waals surface area contributed by atoms with E-state index in [-0.39, 0.29) is 24.4 Å². The summed E-state index contributed by atoms with van der Waals surface area (Å²) in [6, 6.07) is 8.08. The molecule has 1 aromatic heterocycles. The van der Waals surface area contributed by atoms with E-state index in [9.17, 15) is 9.59 Å². The van der Waals surface area contributed by atoms with Crippen molar-refractivity contribution in [3.63, 3.8) is 0 Å². The topological polar surface area (TPSA) is 74.6 Å². The number of halogens is 2. The summed E-state index contributed by atoms with van der Waals surface area (Å²) in [5, 5.41) is 6.51. The van der Waals surface area contributed by atoms with Crippen molar-refractivity contribution in [2.75, 3.05) is 18.4 Å². The van der Waals surface area contributed by atoms with Crippen LogP contribution in [0.15, 0.2) is 41.0 Å². The number of likely N-dealkylation sites (tertiary alicyclic amines) is 1. The van der Waals surface area contributed by atoms with Gasteiger partial charge in [0, 0.05) is 5.02 Å². The van der Waals surface area contributed by atoms with Crippen LogP contribution in [0.2, 0.25) is 10.0 Å². The fourth-order valence-electron chi connectivity index (χ4n) is 2.96. The highest BCUT2D eigenvalue weighted by atomic mass is 35.5. The number of carbonyl (C=O) groups excluding carboxylic acids is 2. The molecule has 0 saturated carbocycles. The number of amides is 2. The van der Waals surface area contributed by atoms with Gasteiger partial charge in [0.2, 0.25) is 11.8 Å². The molecule has 1 aliphatic rings. The molecular weight excluding hydrogens is 377 g/mol. The number of furan rings is 1. The first-order chi connectivity index (χ1) is 12.5. The number of benzene rings is 1. The third kappa shape index (κ3) is 4.78. The predicted octanol–water partition coefficient (Wildman–Crippen LogP) is 3.31. The second kappa shape index (κ2) is 8.58. The summed E-state index contributed by atoms with van der Waals surface area (Å²) >= 11 is 12.1. The quantitative estimate of drug-likeness (QED) is 0.786. The second-order valence-electron chi connectivity index (χ2n) is 6.10. The molecular formula is C18H19Cl2N3O3. The Morgan fingerprint density at radius 1 is 1.27 bits per heavy atom. The van der Waals surface area contributed by atoms with E-state index in [1.807, 2.05) is 4.90 Å². The minimum Gasteiger partial charge on any atom is -0.467 e. The van der Waals surface area contributed by atoms with Crippen LogP contribution in [0, 0.1) is 0 Å². The molecule has 0 unspecified atom stereocenters. The molecule has 6 nitrogen and oxygen atoms in total. The van der Waals surface area contributed by atoms with E-state index in [1.165, 1.54) is 0 Å². The minimum atomic E-state index is -0.376. The molecule has 1 saturated heterocycles.